The van der Waals surface area contributed by atoms with Gasteiger partial charge in [-0.2, -0.15) is 0 Å². The minimum absolute atomic E-state index is 0.0739. The van der Waals surface area contributed by atoms with Crippen molar-refractivity contribution in [2.75, 3.05) is 5.32 Å². The van der Waals surface area contributed by atoms with E-state index in [1.807, 2.05) is 25.1 Å². The van der Waals surface area contributed by atoms with Crippen LogP contribution in [0.1, 0.15) is 18.5 Å². The van der Waals surface area contributed by atoms with Crippen molar-refractivity contribution in [1.29, 1.82) is 0 Å². The number of fused-ring (bicyclic) bond motifs is 1. The summed E-state index contributed by atoms with van der Waals surface area (Å²) in [6, 6.07) is 9.43. The zero-order valence-corrected chi connectivity index (χ0v) is 12.4. The maximum absolute atomic E-state index is 13.3. The Morgan fingerprint density at radius 2 is 2.10 bits per heavy atom. The molecule has 0 fully saturated rings. The summed E-state index contributed by atoms with van der Waals surface area (Å²) in [5.74, 6) is -0.294. The van der Waals surface area contributed by atoms with Gasteiger partial charge in [-0.25, -0.2) is 0 Å². The van der Waals surface area contributed by atoms with E-state index in [9.17, 15) is 9.50 Å². The summed E-state index contributed by atoms with van der Waals surface area (Å²) in [6.45, 7) is 1.87. The molecule has 1 aliphatic rings. The van der Waals surface area contributed by atoms with Gasteiger partial charge in [-0.15, -0.1) is 0 Å². The van der Waals surface area contributed by atoms with Crippen molar-refractivity contribution in [3.05, 3.63) is 47.8 Å². The normalized spacial score (nSPS) is 13.7. The number of rotatable bonds is 3. The first-order chi connectivity index (χ1) is 9.65. The van der Waals surface area contributed by atoms with E-state index < -0.39 is 0 Å². The van der Waals surface area contributed by atoms with E-state index in [1.165, 1.54) is 18.2 Å². The van der Waals surface area contributed by atoms with E-state index in [2.05, 4.69) is 13.2 Å². The van der Waals surface area contributed by atoms with Crippen LogP contribution in [0, 0.1) is 5.82 Å². The monoisotopic (exact) mass is 337 g/mol. The molecule has 0 amide bonds. The number of phenols is 1. The van der Waals surface area contributed by atoms with Gasteiger partial charge in [0.1, 0.15) is 0 Å². The molecule has 1 unspecified atom stereocenters. The quantitative estimate of drug-likeness (QED) is 0.709. The molecule has 0 bridgehead atoms. The van der Waals surface area contributed by atoms with E-state index in [0.717, 1.165) is 17.1 Å². The Hall–Kier alpha value is -1.91. The molecule has 0 aromatic heterocycles. The second-order valence-electron chi connectivity index (χ2n) is 4.51. The van der Waals surface area contributed by atoms with Crippen LogP contribution >= 0.6 is 0 Å². The first-order valence-corrected chi connectivity index (χ1v) is 7.64. The number of anilines is 1. The molecule has 3 rings (SSSR count). The first-order valence-electron chi connectivity index (χ1n) is 6.11. The van der Waals surface area contributed by atoms with Gasteiger partial charge in [-0.1, -0.05) is 0 Å². The van der Waals surface area contributed by atoms with Crippen LogP contribution in [0.15, 0.2) is 44.3 Å². The summed E-state index contributed by atoms with van der Waals surface area (Å²) in [5, 5.41) is 13.1. The zero-order valence-electron chi connectivity index (χ0n) is 10.7. The molecular weight excluding hydrogens is 324 g/mol. The molecule has 20 heavy (non-hydrogen) atoms. The third-order valence-corrected chi connectivity index (χ3v) is 4.25. The van der Waals surface area contributed by atoms with Gasteiger partial charge >= 0.3 is 121 Å². The summed E-state index contributed by atoms with van der Waals surface area (Å²) in [6.07, 6.45) is 0. The SMILES string of the molecule is CC(Nc1cccc2c1N=[Se]=N2)c1cc(F)ccc1O. The van der Waals surface area contributed by atoms with E-state index in [4.69, 9.17) is 0 Å². The number of aromatic hydroxyl groups is 1. The molecule has 0 radical (unpaired) electrons. The Kier molecular flexibility index (Phi) is 3.42. The molecular formula is C14H12FN3OSe. The predicted molar refractivity (Wildman–Crippen MR) is 76.5 cm³/mol. The molecule has 0 spiro atoms. The van der Waals surface area contributed by atoms with Gasteiger partial charge in [-0.3, -0.25) is 0 Å². The average Bonchev–Trinajstić information content (AvgIpc) is 2.91. The van der Waals surface area contributed by atoms with Crippen LogP contribution in [0.2, 0.25) is 0 Å². The number of hydrogen-bond donors (Lipinski definition) is 2. The fraction of sp³-hybridized carbons (Fsp3) is 0.143. The molecule has 0 saturated carbocycles. The fourth-order valence-electron chi connectivity index (χ4n) is 2.11. The van der Waals surface area contributed by atoms with Gasteiger partial charge in [0.25, 0.3) is 0 Å². The maximum atomic E-state index is 13.3. The van der Waals surface area contributed by atoms with Crippen LogP contribution in [0.3, 0.4) is 0 Å². The third-order valence-electron chi connectivity index (χ3n) is 3.11. The van der Waals surface area contributed by atoms with Crippen molar-refractivity contribution in [3.8, 4) is 5.75 Å². The number of nitrogens with one attached hydrogen (secondary N) is 1. The number of phenolic OH excluding ortho intramolecular Hbond substituents is 1. The Morgan fingerprint density at radius 3 is 2.95 bits per heavy atom. The average molecular weight is 336 g/mol. The van der Waals surface area contributed by atoms with Crippen molar-refractivity contribution in [3.63, 3.8) is 0 Å². The second kappa shape index (κ2) is 5.23. The molecule has 1 atom stereocenters. The summed E-state index contributed by atoms with van der Waals surface area (Å²) < 4.78 is 22.0. The third kappa shape index (κ3) is 2.40. The molecule has 1 aliphatic heterocycles. The van der Waals surface area contributed by atoms with Gasteiger partial charge in [0.15, 0.2) is 0 Å². The molecule has 2 aromatic rings. The van der Waals surface area contributed by atoms with Crippen LogP contribution in [-0.2, 0) is 0 Å². The molecule has 0 aliphatic carbocycles. The van der Waals surface area contributed by atoms with Crippen molar-refractivity contribution >= 4 is 31.6 Å². The molecule has 2 N–H and O–H groups in total. The van der Waals surface area contributed by atoms with Crippen molar-refractivity contribution in [2.24, 2.45) is 7.92 Å². The fourth-order valence-corrected chi connectivity index (χ4v) is 3.26. The Morgan fingerprint density at radius 1 is 1.25 bits per heavy atom. The van der Waals surface area contributed by atoms with Crippen molar-refractivity contribution in [1.82, 2.24) is 0 Å². The van der Waals surface area contributed by atoms with Gasteiger partial charge < -0.3 is 0 Å². The number of hydrogen-bond acceptors (Lipinski definition) is 4. The Bertz CT molecular complexity index is 741. The van der Waals surface area contributed by atoms with Crippen molar-refractivity contribution < 1.29 is 9.50 Å². The Balaban J connectivity index is 1.90. The second-order valence-corrected chi connectivity index (χ2v) is 5.62. The molecule has 6 heteroatoms. The molecule has 1 heterocycles. The van der Waals surface area contributed by atoms with Crippen LogP contribution in [-0.4, -0.2) is 19.7 Å². The topological polar surface area (TPSA) is 57.0 Å². The van der Waals surface area contributed by atoms with Crippen LogP contribution in [0.5, 0.6) is 5.75 Å². The summed E-state index contributed by atoms with van der Waals surface area (Å²) >= 11 is -0.0929. The molecule has 4 nitrogen and oxygen atoms in total. The van der Waals surface area contributed by atoms with Gasteiger partial charge in [0.2, 0.25) is 0 Å². The van der Waals surface area contributed by atoms with E-state index in [0.29, 0.717) is 5.56 Å². The number of nitrogens with zero attached hydrogens (tertiary/aromatic N) is 2. The minimum atomic E-state index is -0.368. The standard InChI is InChI=1S/C14H12FN3OSe/c1-8(10-7-9(15)5-6-13(10)19)16-11-3-2-4-12-14(11)18-20-17-12/h2-8,16,19H,1H3. The van der Waals surface area contributed by atoms with Gasteiger partial charge in [0, 0.05) is 0 Å². The zero-order chi connectivity index (χ0) is 14.1. The van der Waals surface area contributed by atoms with E-state index >= 15 is 0 Å². The molecule has 2 aromatic carbocycles. The number of benzene rings is 2. The molecule has 102 valence electrons. The van der Waals surface area contributed by atoms with E-state index in [-0.39, 0.29) is 32.2 Å². The van der Waals surface area contributed by atoms with Crippen LogP contribution in [0.4, 0.5) is 21.5 Å². The van der Waals surface area contributed by atoms with Crippen LogP contribution in [0.25, 0.3) is 0 Å². The summed E-state index contributed by atoms with van der Waals surface area (Å²) in [4.78, 5) is 0. The summed E-state index contributed by atoms with van der Waals surface area (Å²) in [7, 11) is 0. The Labute approximate surface area is 121 Å². The van der Waals surface area contributed by atoms with Crippen molar-refractivity contribution in [2.45, 2.75) is 13.0 Å². The van der Waals surface area contributed by atoms with Gasteiger partial charge in [-0.05, 0) is 0 Å². The summed E-state index contributed by atoms with van der Waals surface area (Å²) in [5.41, 5.74) is 3.09. The first kappa shape index (κ1) is 13.1. The molecule has 0 saturated heterocycles. The number of halogens is 1. The van der Waals surface area contributed by atoms with Crippen LogP contribution < -0.4 is 5.32 Å². The predicted octanol–water partition coefficient (Wildman–Crippen LogP) is 4.05. The van der Waals surface area contributed by atoms with E-state index in [1.54, 1.807) is 0 Å². The van der Waals surface area contributed by atoms with Gasteiger partial charge in [0.05, 0.1) is 0 Å².